The Morgan fingerprint density at radius 1 is 1.10 bits per heavy atom. The van der Waals surface area contributed by atoms with E-state index in [1.807, 2.05) is 6.07 Å². The van der Waals surface area contributed by atoms with E-state index in [9.17, 15) is 18.8 Å². The molecular weight excluding hydrogens is 385 g/mol. The average molecular weight is 409 g/mol. The smallest absolute Gasteiger partial charge is 0.331 e. The van der Waals surface area contributed by atoms with Gasteiger partial charge in [-0.3, -0.25) is 18.7 Å². The number of fused-ring (bicyclic) bond motifs is 1. The van der Waals surface area contributed by atoms with Crippen molar-refractivity contribution in [2.24, 2.45) is 0 Å². The van der Waals surface area contributed by atoms with Crippen molar-refractivity contribution in [2.75, 3.05) is 6.54 Å². The molecule has 2 aromatic carbocycles. The summed E-state index contributed by atoms with van der Waals surface area (Å²) in [5, 5.41) is 0.421. The van der Waals surface area contributed by atoms with Crippen LogP contribution in [0.4, 0.5) is 4.39 Å². The van der Waals surface area contributed by atoms with Gasteiger partial charge >= 0.3 is 5.69 Å². The van der Waals surface area contributed by atoms with Crippen LogP contribution in [0, 0.1) is 5.82 Å². The van der Waals surface area contributed by atoms with Gasteiger partial charge in [0.05, 0.1) is 10.9 Å². The zero-order valence-corrected chi connectivity index (χ0v) is 16.9. The van der Waals surface area contributed by atoms with Crippen LogP contribution in [0.15, 0.2) is 58.1 Å². The predicted octanol–water partition coefficient (Wildman–Crippen LogP) is 2.56. The fourth-order valence-corrected chi connectivity index (χ4v) is 4.34. The van der Waals surface area contributed by atoms with E-state index in [1.165, 1.54) is 16.7 Å². The number of aromatic nitrogens is 2. The van der Waals surface area contributed by atoms with Crippen molar-refractivity contribution in [2.45, 2.75) is 45.3 Å². The first-order chi connectivity index (χ1) is 14.5. The van der Waals surface area contributed by atoms with E-state index in [4.69, 9.17) is 0 Å². The molecule has 1 aromatic heterocycles. The molecule has 1 aliphatic heterocycles. The number of carbonyl (C=O) groups excluding carboxylic acids is 1. The first-order valence-electron chi connectivity index (χ1n) is 10.3. The van der Waals surface area contributed by atoms with Gasteiger partial charge in [0.25, 0.3) is 5.56 Å². The molecule has 2 heterocycles. The predicted molar refractivity (Wildman–Crippen MR) is 113 cm³/mol. The molecule has 156 valence electrons. The van der Waals surface area contributed by atoms with Crippen LogP contribution in [0.1, 0.15) is 25.3 Å². The first kappa shape index (κ1) is 20.1. The van der Waals surface area contributed by atoms with E-state index in [2.05, 4.69) is 0 Å². The molecule has 1 saturated heterocycles. The molecule has 1 unspecified atom stereocenters. The largest absolute Gasteiger partial charge is 0.338 e. The number of nitrogens with zero attached hydrogens (tertiary/aromatic N) is 3. The van der Waals surface area contributed by atoms with E-state index in [-0.39, 0.29) is 36.4 Å². The van der Waals surface area contributed by atoms with Crippen LogP contribution in [0.3, 0.4) is 0 Å². The van der Waals surface area contributed by atoms with E-state index in [0.717, 1.165) is 23.0 Å². The van der Waals surface area contributed by atoms with Crippen LogP contribution in [-0.4, -0.2) is 32.5 Å². The zero-order valence-electron chi connectivity index (χ0n) is 16.9. The van der Waals surface area contributed by atoms with Crippen molar-refractivity contribution in [3.8, 4) is 0 Å². The van der Waals surface area contributed by atoms with Crippen molar-refractivity contribution in [3.05, 3.63) is 80.7 Å². The second-order valence-electron chi connectivity index (χ2n) is 7.65. The topological polar surface area (TPSA) is 64.3 Å². The van der Waals surface area contributed by atoms with E-state index < -0.39 is 5.69 Å². The third kappa shape index (κ3) is 3.67. The summed E-state index contributed by atoms with van der Waals surface area (Å²) in [5.74, 6) is -0.453. The summed E-state index contributed by atoms with van der Waals surface area (Å²) in [6.45, 7) is 2.46. The molecule has 1 aliphatic rings. The Kier molecular flexibility index (Phi) is 5.53. The minimum absolute atomic E-state index is 0.0293. The maximum Gasteiger partial charge on any atom is 0.331 e. The Morgan fingerprint density at radius 2 is 1.90 bits per heavy atom. The van der Waals surface area contributed by atoms with Crippen LogP contribution < -0.4 is 11.2 Å². The molecule has 1 amide bonds. The van der Waals surface area contributed by atoms with E-state index in [0.29, 0.717) is 23.9 Å². The van der Waals surface area contributed by atoms with Crippen LogP contribution in [0.25, 0.3) is 10.9 Å². The van der Waals surface area contributed by atoms with Gasteiger partial charge in [0, 0.05) is 19.1 Å². The van der Waals surface area contributed by atoms with Crippen LogP contribution >= 0.6 is 0 Å². The minimum atomic E-state index is -0.476. The van der Waals surface area contributed by atoms with Gasteiger partial charge in [0.1, 0.15) is 12.4 Å². The Hall–Kier alpha value is -3.22. The fourth-order valence-electron chi connectivity index (χ4n) is 4.34. The summed E-state index contributed by atoms with van der Waals surface area (Å²) in [6.07, 6.45) is 2.29. The fraction of sp³-hybridized carbons (Fsp3) is 0.348. The average Bonchev–Trinajstić information content (AvgIpc) is 3.19. The highest BCUT2D eigenvalue weighted by Gasteiger charge is 2.29. The molecule has 7 heteroatoms. The first-order valence-corrected chi connectivity index (χ1v) is 10.3. The molecule has 0 radical (unpaired) electrons. The minimum Gasteiger partial charge on any atom is -0.338 e. The maximum absolute atomic E-state index is 13.5. The van der Waals surface area contributed by atoms with Gasteiger partial charge in [-0.15, -0.1) is 0 Å². The number of carbonyl (C=O) groups is 1. The quantitative estimate of drug-likeness (QED) is 0.651. The molecule has 0 saturated carbocycles. The lowest BCUT2D eigenvalue weighted by molar-refractivity contribution is -0.132. The number of para-hydroxylation sites is 1. The summed E-state index contributed by atoms with van der Waals surface area (Å²) in [5.41, 5.74) is 0.496. The molecule has 0 spiro atoms. The standard InChI is InChI=1S/C23H24FN3O3/c1-2-25-22(29)19-10-3-4-11-20(19)27(23(25)30)15-21(28)26-12-6-9-18(26)14-16-7-5-8-17(24)13-16/h3-5,7-8,10-11,13,18H,2,6,9,12,14-15H2,1H3. The Balaban J connectivity index is 1.64. The number of halogens is 1. The lowest BCUT2D eigenvalue weighted by atomic mass is 10.0. The third-order valence-corrected chi connectivity index (χ3v) is 5.80. The van der Waals surface area contributed by atoms with Gasteiger partial charge in [-0.05, 0) is 56.0 Å². The van der Waals surface area contributed by atoms with E-state index in [1.54, 1.807) is 42.2 Å². The zero-order chi connectivity index (χ0) is 21.3. The second-order valence-corrected chi connectivity index (χ2v) is 7.65. The normalized spacial score (nSPS) is 16.3. The number of likely N-dealkylation sites (tertiary alicyclic amines) is 1. The van der Waals surface area contributed by atoms with Gasteiger partial charge in [-0.25, -0.2) is 9.18 Å². The number of hydrogen-bond acceptors (Lipinski definition) is 3. The van der Waals surface area contributed by atoms with Crippen molar-refractivity contribution in [1.29, 1.82) is 0 Å². The van der Waals surface area contributed by atoms with Crippen molar-refractivity contribution in [1.82, 2.24) is 14.0 Å². The highest BCUT2D eigenvalue weighted by molar-refractivity contribution is 5.82. The van der Waals surface area contributed by atoms with Crippen molar-refractivity contribution in [3.63, 3.8) is 0 Å². The van der Waals surface area contributed by atoms with Crippen LogP contribution in [0.5, 0.6) is 0 Å². The molecule has 0 N–H and O–H groups in total. The highest BCUT2D eigenvalue weighted by Crippen LogP contribution is 2.22. The lowest BCUT2D eigenvalue weighted by Crippen LogP contribution is -2.44. The van der Waals surface area contributed by atoms with Gasteiger partial charge in [0.15, 0.2) is 0 Å². The summed E-state index contributed by atoms with van der Waals surface area (Å²) >= 11 is 0. The number of hydrogen-bond donors (Lipinski definition) is 0. The molecule has 3 aromatic rings. The SMILES string of the molecule is CCn1c(=O)c2ccccc2n(CC(=O)N2CCCC2Cc2cccc(F)c2)c1=O. The Labute approximate surface area is 173 Å². The molecule has 0 bridgehead atoms. The molecule has 1 atom stereocenters. The lowest BCUT2D eigenvalue weighted by Gasteiger charge is -2.25. The van der Waals surface area contributed by atoms with E-state index >= 15 is 0 Å². The van der Waals surface area contributed by atoms with Gasteiger partial charge in [-0.2, -0.15) is 0 Å². The molecule has 1 fully saturated rings. The number of rotatable bonds is 5. The molecule has 0 aliphatic carbocycles. The van der Waals surface area contributed by atoms with Crippen molar-refractivity contribution >= 4 is 16.8 Å². The molecular formula is C23H24FN3O3. The Morgan fingerprint density at radius 3 is 2.67 bits per heavy atom. The Bertz CT molecular complexity index is 1210. The second kappa shape index (κ2) is 8.26. The van der Waals surface area contributed by atoms with Gasteiger partial charge in [0.2, 0.25) is 5.91 Å². The highest BCUT2D eigenvalue weighted by atomic mass is 19.1. The number of benzene rings is 2. The summed E-state index contributed by atoms with van der Waals surface area (Å²) in [7, 11) is 0. The molecule has 4 rings (SSSR count). The molecule has 30 heavy (non-hydrogen) atoms. The van der Waals surface area contributed by atoms with Crippen molar-refractivity contribution < 1.29 is 9.18 Å². The third-order valence-electron chi connectivity index (χ3n) is 5.80. The summed E-state index contributed by atoms with van der Waals surface area (Å²) in [6, 6.07) is 13.3. The maximum atomic E-state index is 13.5. The van der Waals surface area contributed by atoms with Crippen LogP contribution in [0.2, 0.25) is 0 Å². The summed E-state index contributed by atoms with van der Waals surface area (Å²) < 4.78 is 16.1. The summed E-state index contributed by atoms with van der Waals surface area (Å²) in [4.78, 5) is 40.4. The number of amides is 1. The van der Waals surface area contributed by atoms with Gasteiger partial charge < -0.3 is 4.90 Å². The monoisotopic (exact) mass is 409 g/mol. The van der Waals surface area contributed by atoms with Gasteiger partial charge in [-0.1, -0.05) is 24.3 Å². The molecule has 6 nitrogen and oxygen atoms in total. The van der Waals surface area contributed by atoms with Crippen LogP contribution in [-0.2, 0) is 24.3 Å².